The molecule has 0 aliphatic rings. The Bertz CT molecular complexity index is 400. The molecule has 0 aromatic carbocycles. The van der Waals surface area contributed by atoms with Crippen LogP contribution in [-0.4, -0.2) is 56.0 Å². The lowest BCUT2D eigenvalue weighted by Gasteiger charge is -2.17. The normalized spacial score (nSPS) is 10.3. The third-order valence-corrected chi connectivity index (χ3v) is 2.73. The van der Waals surface area contributed by atoms with Crippen molar-refractivity contribution in [1.82, 2.24) is 10.3 Å². The molecule has 0 saturated carbocycles. The van der Waals surface area contributed by atoms with Crippen molar-refractivity contribution < 1.29 is 14.6 Å². The number of amides is 1. The van der Waals surface area contributed by atoms with Crippen LogP contribution in [0.25, 0.3) is 0 Å². The number of halogens is 1. The number of aliphatic hydroxyl groups excluding tert-OH is 1. The van der Waals surface area contributed by atoms with Gasteiger partial charge in [0.25, 0.3) is 0 Å². The van der Waals surface area contributed by atoms with E-state index in [2.05, 4.69) is 10.3 Å². The number of hydrogen-bond acceptors (Lipinski definition) is 5. The van der Waals surface area contributed by atoms with Crippen molar-refractivity contribution >= 4 is 23.3 Å². The summed E-state index contributed by atoms with van der Waals surface area (Å²) in [6.07, 6.45) is 2.26. The van der Waals surface area contributed by atoms with E-state index in [0.29, 0.717) is 37.0 Å². The highest BCUT2D eigenvalue weighted by Gasteiger charge is 2.07. The van der Waals surface area contributed by atoms with Gasteiger partial charge in [-0.25, -0.2) is 4.98 Å². The largest absolute Gasteiger partial charge is 0.394 e. The number of carbonyl (C=O) groups is 1. The lowest BCUT2D eigenvalue weighted by atomic mass is 10.4. The van der Waals surface area contributed by atoms with E-state index >= 15 is 0 Å². The molecule has 112 valence electrons. The Morgan fingerprint density at radius 2 is 2.30 bits per heavy atom. The highest BCUT2D eigenvalue weighted by atomic mass is 35.5. The van der Waals surface area contributed by atoms with Gasteiger partial charge in [0.15, 0.2) is 0 Å². The summed E-state index contributed by atoms with van der Waals surface area (Å²) in [4.78, 5) is 17.6. The van der Waals surface area contributed by atoms with Crippen LogP contribution in [0.1, 0.15) is 6.42 Å². The Morgan fingerprint density at radius 3 is 2.95 bits per heavy atom. The van der Waals surface area contributed by atoms with Crippen LogP contribution < -0.4 is 10.2 Å². The van der Waals surface area contributed by atoms with Crippen molar-refractivity contribution in [3.8, 4) is 0 Å². The minimum absolute atomic E-state index is 0.0191. The minimum Gasteiger partial charge on any atom is -0.394 e. The molecular formula is C13H20ClN3O3. The first-order valence-corrected chi connectivity index (χ1v) is 6.79. The van der Waals surface area contributed by atoms with Gasteiger partial charge in [-0.15, -0.1) is 0 Å². The lowest BCUT2D eigenvalue weighted by molar-refractivity contribution is -0.119. The monoisotopic (exact) mass is 301 g/mol. The maximum Gasteiger partial charge on any atom is 0.239 e. The van der Waals surface area contributed by atoms with Crippen molar-refractivity contribution in [3.63, 3.8) is 0 Å². The summed E-state index contributed by atoms with van der Waals surface area (Å²) in [7, 11) is 1.79. The Hall–Kier alpha value is -1.37. The number of ether oxygens (including phenoxy) is 1. The summed E-state index contributed by atoms with van der Waals surface area (Å²) in [6, 6.07) is 3.50. The first kappa shape index (κ1) is 16.7. The zero-order chi connectivity index (χ0) is 14.8. The van der Waals surface area contributed by atoms with Crippen LogP contribution in [0.15, 0.2) is 18.3 Å². The highest BCUT2D eigenvalue weighted by molar-refractivity contribution is 6.30. The maximum absolute atomic E-state index is 11.7. The van der Waals surface area contributed by atoms with E-state index in [1.807, 2.05) is 0 Å². The predicted molar refractivity (Wildman–Crippen MR) is 78.0 cm³/mol. The van der Waals surface area contributed by atoms with Gasteiger partial charge in [0.1, 0.15) is 5.82 Å². The second-order valence-electron chi connectivity index (χ2n) is 4.23. The minimum atomic E-state index is -0.0774. The topological polar surface area (TPSA) is 74.7 Å². The fourth-order valence-electron chi connectivity index (χ4n) is 1.51. The number of pyridine rings is 1. The van der Waals surface area contributed by atoms with Crippen LogP contribution in [0.2, 0.25) is 5.02 Å². The molecule has 1 aromatic rings. The van der Waals surface area contributed by atoms with Crippen molar-refractivity contribution in [1.29, 1.82) is 0 Å². The molecule has 0 spiro atoms. The fourth-order valence-corrected chi connectivity index (χ4v) is 1.63. The number of aliphatic hydroxyl groups is 1. The van der Waals surface area contributed by atoms with Crippen molar-refractivity contribution in [2.75, 3.05) is 44.9 Å². The van der Waals surface area contributed by atoms with Crippen LogP contribution in [-0.2, 0) is 9.53 Å². The first-order chi connectivity index (χ1) is 9.63. The third-order valence-electron chi connectivity index (χ3n) is 2.51. The van der Waals surface area contributed by atoms with E-state index in [-0.39, 0.29) is 19.1 Å². The van der Waals surface area contributed by atoms with Gasteiger partial charge in [0.2, 0.25) is 5.91 Å². The number of rotatable bonds is 9. The van der Waals surface area contributed by atoms with Gasteiger partial charge in [-0.2, -0.15) is 0 Å². The molecular weight excluding hydrogens is 282 g/mol. The number of hydrogen-bond donors (Lipinski definition) is 2. The molecule has 1 heterocycles. The molecule has 0 saturated heterocycles. The van der Waals surface area contributed by atoms with E-state index in [1.165, 1.54) is 0 Å². The molecule has 0 bridgehead atoms. The van der Waals surface area contributed by atoms with Crippen LogP contribution in [0.3, 0.4) is 0 Å². The SMILES string of the molecule is CN(CC(=O)NCCCOCCO)c1ccc(Cl)cn1. The molecule has 0 aliphatic carbocycles. The van der Waals surface area contributed by atoms with E-state index in [0.717, 1.165) is 0 Å². The molecule has 6 nitrogen and oxygen atoms in total. The number of nitrogens with one attached hydrogen (secondary N) is 1. The number of anilines is 1. The van der Waals surface area contributed by atoms with Gasteiger partial charge < -0.3 is 20.1 Å². The van der Waals surface area contributed by atoms with Crippen molar-refractivity contribution in [3.05, 3.63) is 23.4 Å². The molecule has 7 heteroatoms. The van der Waals surface area contributed by atoms with Gasteiger partial charge in [-0.05, 0) is 18.6 Å². The molecule has 1 rings (SSSR count). The van der Waals surface area contributed by atoms with Crippen LogP contribution in [0.4, 0.5) is 5.82 Å². The van der Waals surface area contributed by atoms with E-state index in [9.17, 15) is 4.79 Å². The summed E-state index contributed by atoms with van der Waals surface area (Å²) in [5.41, 5.74) is 0. The Kier molecular flexibility index (Phi) is 7.94. The molecule has 1 amide bonds. The molecule has 2 N–H and O–H groups in total. The van der Waals surface area contributed by atoms with Crippen molar-refractivity contribution in [2.24, 2.45) is 0 Å². The standard InChI is InChI=1S/C13H20ClN3O3/c1-17(12-4-3-11(14)9-16-12)10-13(19)15-5-2-7-20-8-6-18/h3-4,9,18H,2,5-8,10H2,1H3,(H,15,19). The van der Waals surface area contributed by atoms with E-state index in [4.69, 9.17) is 21.4 Å². The number of carbonyl (C=O) groups excluding carboxylic acids is 1. The van der Waals surface area contributed by atoms with Crippen LogP contribution in [0.5, 0.6) is 0 Å². The van der Waals surface area contributed by atoms with E-state index < -0.39 is 0 Å². The van der Waals surface area contributed by atoms with Gasteiger partial charge in [-0.1, -0.05) is 11.6 Å². The Morgan fingerprint density at radius 1 is 1.50 bits per heavy atom. The average Bonchev–Trinajstić information content (AvgIpc) is 2.43. The van der Waals surface area contributed by atoms with Crippen molar-refractivity contribution in [2.45, 2.75) is 6.42 Å². The molecule has 0 unspecified atom stereocenters. The molecule has 1 aromatic heterocycles. The summed E-state index contributed by atoms with van der Waals surface area (Å²) in [6.45, 7) is 1.65. The van der Waals surface area contributed by atoms with Gasteiger partial charge in [0.05, 0.1) is 24.8 Å². The fraction of sp³-hybridized carbons (Fsp3) is 0.538. The van der Waals surface area contributed by atoms with E-state index in [1.54, 1.807) is 30.3 Å². The molecule has 0 aliphatic heterocycles. The molecule has 0 fully saturated rings. The average molecular weight is 302 g/mol. The Balaban J connectivity index is 2.19. The van der Waals surface area contributed by atoms with Gasteiger partial charge in [0, 0.05) is 26.4 Å². The summed E-state index contributed by atoms with van der Waals surface area (Å²) < 4.78 is 5.09. The summed E-state index contributed by atoms with van der Waals surface area (Å²) in [5, 5.41) is 11.9. The first-order valence-electron chi connectivity index (χ1n) is 6.41. The zero-order valence-corrected chi connectivity index (χ0v) is 12.3. The Labute approximate surface area is 123 Å². The van der Waals surface area contributed by atoms with Crippen LogP contribution >= 0.6 is 11.6 Å². The summed E-state index contributed by atoms with van der Waals surface area (Å²) >= 11 is 5.75. The second-order valence-corrected chi connectivity index (χ2v) is 4.67. The van der Waals surface area contributed by atoms with Crippen LogP contribution in [0, 0.1) is 0 Å². The number of likely N-dealkylation sites (N-methyl/N-ethyl adjacent to an activating group) is 1. The quantitative estimate of drug-likeness (QED) is 0.656. The van der Waals surface area contributed by atoms with Gasteiger partial charge in [-0.3, -0.25) is 4.79 Å². The smallest absolute Gasteiger partial charge is 0.239 e. The molecule has 0 atom stereocenters. The number of aromatic nitrogens is 1. The second kappa shape index (κ2) is 9.52. The summed E-state index contributed by atoms with van der Waals surface area (Å²) in [5.74, 6) is 0.613. The predicted octanol–water partition coefficient (Wildman–Crippen LogP) is 0.686. The number of nitrogens with zero attached hydrogens (tertiary/aromatic N) is 2. The maximum atomic E-state index is 11.7. The molecule has 0 radical (unpaired) electrons. The zero-order valence-electron chi connectivity index (χ0n) is 11.5. The third kappa shape index (κ3) is 6.70. The highest BCUT2D eigenvalue weighted by Crippen LogP contribution is 2.12. The van der Waals surface area contributed by atoms with Gasteiger partial charge >= 0.3 is 0 Å². The lowest BCUT2D eigenvalue weighted by Crippen LogP contribution is -2.36. The molecule has 20 heavy (non-hydrogen) atoms.